The van der Waals surface area contributed by atoms with Gasteiger partial charge >= 0.3 is 6.14 Å². The van der Waals surface area contributed by atoms with Crippen molar-refractivity contribution in [3.05, 3.63) is 25.0 Å². The molecule has 0 aliphatic heterocycles. The Balaban J connectivity index is 2.15. The zero-order valence-electron chi connectivity index (χ0n) is 7.05. The number of rotatable bonds is 5. The minimum Gasteiger partial charge on any atom is -0.423 e. The van der Waals surface area contributed by atoms with E-state index in [0.717, 1.165) is 32.1 Å². The number of unbranched alkanes of at least 4 members (excludes halogenated alkanes) is 3. The first-order valence-corrected chi connectivity index (χ1v) is 4.22. The van der Waals surface area contributed by atoms with Crippen molar-refractivity contribution in [1.82, 2.24) is 4.98 Å². The number of halogens is 1. The third-order valence-corrected chi connectivity index (χ3v) is 1.71. The Morgan fingerprint density at radius 3 is 2.83 bits per heavy atom. The van der Waals surface area contributed by atoms with E-state index < -0.39 is 6.14 Å². The first-order valence-electron chi connectivity index (χ1n) is 4.22. The topological polar surface area (TPSA) is 26.0 Å². The lowest BCUT2D eigenvalue weighted by atomic mass is 10.1. The molecule has 0 unspecified atom stereocenters. The van der Waals surface area contributed by atoms with E-state index in [9.17, 15) is 4.39 Å². The normalized spacial score (nSPS) is 10.5. The average Bonchev–Trinajstić information content (AvgIpc) is 2.45. The van der Waals surface area contributed by atoms with E-state index in [1.165, 1.54) is 6.26 Å². The van der Waals surface area contributed by atoms with Crippen molar-refractivity contribution in [2.24, 2.45) is 0 Å². The Bertz CT molecular complexity index is 222. The highest BCUT2D eigenvalue weighted by molar-refractivity contribution is 4.91. The standard InChI is InChI=1S/C9H13FNO/c1-2-3-4-5-6-8-7-12-9(10)11-8/h7H,1-6H2. The van der Waals surface area contributed by atoms with Crippen molar-refractivity contribution in [2.45, 2.75) is 32.1 Å². The minimum atomic E-state index is -0.734. The van der Waals surface area contributed by atoms with E-state index in [1.54, 1.807) is 0 Å². The summed E-state index contributed by atoms with van der Waals surface area (Å²) >= 11 is 0. The molecule has 1 heterocycles. The average molecular weight is 170 g/mol. The van der Waals surface area contributed by atoms with Gasteiger partial charge < -0.3 is 4.42 Å². The number of hydrogen-bond donors (Lipinski definition) is 0. The molecule has 1 radical (unpaired) electrons. The molecule has 0 fully saturated rings. The van der Waals surface area contributed by atoms with E-state index in [-0.39, 0.29) is 0 Å². The number of hydrogen-bond acceptors (Lipinski definition) is 2. The van der Waals surface area contributed by atoms with Crippen LogP contribution in [-0.2, 0) is 6.42 Å². The SMILES string of the molecule is [CH2]CCCCCc1coc(F)n1. The monoisotopic (exact) mass is 170 g/mol. The summed E-state index contributed by atoms with van der Waals surface area (Å²) in [6.45, 7) is 3.74. The molecule has 67 valence electrons. The fraction of sp³-hybridized carbons (Fsp3) is 0.556. The van der Waals surface area contributed by atoms with Gasteiger partial charge in [-0.05, 0) is 12.8 Å². The van der Waals surface area contributed by atoms with Crippen LogP contribution in [0.4, 0.5) is 4.39 Å². The van der Waals surface area contributed by atoms with Crippen molar-refractivity contribution in [1.29, 1.82) is 0 Å². The Kier molecular flexibility index (Phi) is 3.77. The molecule has 0 saturated heterocycles. The van der Waals surface area contributed by atoms with Crippen molar-refractivity contribution in [2.75, 3.05) is 0 Å². The number of aryl methyl sites for hydroxylation is 1. The van der Waals surface area contributed by atoms with E-state index in [0.29, 0.717) is 5.69 Å². The smallest absolute Gasteiger partial charge is 0.381 e. The lowest BCUT2D eigenvalue weighted by Crippen LogP contribution is -1.85. The highest BCUT2D eigenvalue weighted by atomic mass is 19.1. The lowest BCUT2D eigenvalue weighted by Gasteiger charge is -1.94. The summed E-state index contributed by atoms with van der Waals surface area (Å²) in [5.74, 6) is 0. The van der Waals surface area contributed by atoms with Gasteiger partial charge in [-0.15, -0.1) is 4.39 Å². The van der Waals surface area contributed by atoms with Gasteiger partial charge in [0.25, 0.3) is 0 Å². The maximum Gasteiger partial charge on any atom is 0.381 e. The second-order valence-corrected chi connectivity index (χ2v) is 2.76. The molecule has 3 heteroatoms. The van der Waals surface area contributed by atoms with Gasteiger partial charge in [0, 0.05) is 0 Å². The van der Waals surface area contributed by atoms with Gasteiger partial charge in [-0.2, -0.15) is 4.98 Å². The van der Waals surface area contributed by atoms with Crippen molar-refractivity contribution >= 4 is 0 Å². The maximum absolute atomic E-state index is 12.2. The second-order valence-electron chi connectivity index (χ2n) is 2.76. The highest BCUT2D eigenvalue weighted by Crippen LogP contribution is 2.06. The molecule has 0 saturated carbocycles. The molecule has 1 aromatic rings. The Morgan fingerprint density at radius 2 is 2.25 bits per heavy atom. The molecule has 1 rings (SSSR count). The first kappa shape index (κ1) is 9.23. The predicted octanol–water partition coefficient (Wildman–Crippen LogP) is 2.75. The van der Waals surface area contributed by atoms with Gasteiger partial charge in [0.05, 0.1) is 5.69 Å². The fourth-order valence-electron chi connectivity index (χ4n) is 1.06. The quantitative estimate of drug-likeness (QED) is 0.635. The molecule has 0 N–H and O–H groups in total. The Morgan fingerprint density at radius 1 is 1.42 bits per heavy atom. The molecule has 0 spiro atoms. The van der Waals surface area contributed by atoms with Crippen LogP contribution in [0.5, 0.6) is 0 Å². The van der Waals surface area contributed by atoms with Crippen LogP contribution in [0.25, 0.3) is 0 Å². The van der Waals surface area contributed by atoms with Crippen LogP contribution in [0.2, 0.25) is 0 Å². The van der Waals surface area contributed by atoms with Crippen LogP contribution in [0.15, 0.2) is 10.7 Å². The summed E-state index contributed by atoms with van der Waals surface area (Å²) in [6.07, 6.45) is 5.68. The molecule has 12 heavy (non-hydrogen) atoms. The van der Waals surface area contributed by atoms with Crippen LogP contribution >= 0.6 is 0 Å². The van der Waals surface area contributed by atoms with Gasteiger partial charge in [-0.3, -0.25) is 0 Å². The molecule has 1 aromatic heterocycles. The first-order chi connectivity index (χ1) is 5.83. The summed E-state index contributed by atoms with van der Waals surface area (Å²) in [5, 5.41) is 0. The summed E-state index contributed by atoms with van der Waals surface area (Å²) in [5.41, 5.74) is 0.705. The molecular weight excluding hydrogens is 157 g/mol. The fourth-order valence-corrected chi connectivity index (χ4v) is 1.06. The summed E-state index contributed by atoms with van der Waals surface area (Å²) in [7, 11) is 0. The summed E-state index contributed by atoms with van der Waals surface area (Å²) < 4.78 is 16.6. The van der Waals surface area contributed by atoms with E-state index in [1.807, 2.05) is 0 Å². The Hall–Kier alpha value is -0.860. The lowest BCUT2D eigenvalue weighted by molar-refractivity contribution is 0.336. The van der Waals surface area contributed by atoms with Crippen LogP contribution < -0.4 is 0 Å². The van der Waals surface area contributed by atoms with Crippen LogP contribution in [-0.4, -0.2) is 4.98 Å². The molecule has 0 amide bonds. The van der Waals surface area contributed by atoms with Gasteiger partial charge in [0.15, 0.2) is 0 Å². The van der Waals surface area contributed by atoms with Crippen molar-refractivity contribution in [3.63, 3.8) is 0 Å². The zero-order valence-corrected chi connectivity index (χ0v) is 7.05. The Labute approximate surface area is 71.8 Å². The highest BCUT2D eigenvalue weighted by Gasteiger charge is 2.00. The largest absolute Gasteiger partial charge is 0.423 e. The number of aromatic nitrogens is 1. The molecule has 2 nitrogen and oxygen atoms in total. The van der Waals surface area contributed by atoms with Crippen molar-refractivity contribution < 1.29 is 8.81 Å². The van der Waals surface area contributed by atoms with E-state index in [4.69, 9.17) is 0 Å². The third-order valence-electron chi connectivity index (χ3n) is 1.71. The summed E-state index contributed by atoms with van der Waals surface area (Å²) in [4.78, 5) is 3.56. The molecule has 0 aromatic carbocycles. The molecule has 0 atom stereocenters. The van der Waals surface area contributed by atoms with Crippen LogP contribution in [0.3, 0.4) is 0 Å². The molecular formula is C9H13FNO. The summed E-state index contributed by atoms with van der Waals surface area (Å²) in [6, 6.07) is 0. The van der Waals surface area contributed by atoms with Gasteiger partial charge in [0.2, 0.25) is 0 Å². The zero-order chi connectivity index (χ0) is 8.81. The van der Waals surface area contributed by atoms with E-state index in [2.05, 4.69) is 16.3 Å². The molecule has 0 aliphatic rings. The van der Waals surface area contributed by atoms with Crippen LogP contribution in [0.1, 0.15) is 31.4 Å². The van der Waals surface area contributed by atoms with Gasteiger partial charge in [0.1, 0.15) is 6.26 Å². The third kappa shape index (κ3) is 3.03. The number of nitrogens with zero attached hydrogens (tertiary/aromatic N) is 1. The van der Waals surface area contributed by atoms with Crippen LogP contribution in [0, 0.1) is 13.1 Å². The van der Waals surface area contributed by atoms with Gasteiger partial charge in [-0.25, -0.2) is 0 Å². The molecule has 0 aliphatic carbocycles. The minimum absolute atomic E-state index is 0.705. The molecule has 0 bridgehead atoms. The predicted molar refractivity (Wildman–Crippen MR) is 44.0 cm³/mol. The second kappa shape index (κ2) is 4.91. The van der Waals surface area contributed by atoms with Gasteiger partial charge in [-0.1, -0.05) is 26.2 Å². The number of oxazole rings is 1. The maximum atomic E-state index is 12.2. The van der Waals surface area contributed by atoms with E-state index >= 15 is 0 Å². The van der Waals surface area contributed by atoms with Crippen molar-refractivity contribution in [3.8, 4) is 0 Å².